The van der Waals surface area contributed by atoms with Gasteiger partial charge in [0.1, 0.15) is 5.75 Å². The Morgan fingerprint density at radius 2 is 2.09 bits per heavy atom. The van der Waals surface area contributed by atoms with Crippen LogP contribution in [0.5, 0.6) is 5.75 Å². The second-order valence-electron chi connectivity index (χ2n) is 6.05. The Labute approximate surface area is 131 Å². The lowest BCUT2D eigenvalue weighted by atomic mass is 9.96. The first kappa shape index (κ1) is 15.0. The van der Waals surface area contributed by atoms with Crippen molar-refractivity contribution in [3.8, 4) is 5.75 Å². The third-order valence-electron chi connectivity index (χ3n) is 4.37. The third-order valence-corrected chi connectivity index (χ3v) is 4.37. The molecule has 2 heterocycles. The van der Waals surface area contributed by atoms with Crippen LogP contribution in [-0.2, 0) is 13.0 Å². The average Bonchev–Trinajstić information content (AvgIpc) is 2.93. The van der Waals surface area contributed by atoms with Gasteiger partial charge in [-0.3, -0.25) is 4.90 Å². The molecule has 1 aromatic carbocycles. The van der Waals surface area contributed by atoms with Crippen molar-refractivity contribution < 1.29 is 9.63 Å². The second-order valence-corrected chi connectivity index (χ2v) is 6.05. The van der Waals surface area contributed by atoms with E-state index in [1.165, 1.54) is 24.8 Å². The first-order chi connectivity index (χ1) is 10.7. The fourth-order valence-electron chi connectivity index (χ4n) is 3.18. The zero-order chi connectivity index (χ0) is 15.4. The Morgan fingerprint density at radius 1 is 1.27 bits per heavy atom. The normalized spacial score (nSPS) is 19.4. The van der Waals surface area contributed by atoms with Crippen LogP contribution in [0.4, 0.5) is 0 Å². The standard InChI is InChI=1S/C17H23N3O2/c1-13-18-17(19-22-13)12-20-11-3-2-4-15(20)8-5-14-6-9-16(21)10-7-14/h6-7,9-10,15,21H,2-5,8,11-12H2,1H3/t15-/m1/s1. The predicted octanol–water partition coefficient (Wildman–Crippen LogP) is 3.07. The number of nitrogens with zero attached hydrogens (tertiary/aromatic N) is 3. The van der Waals surface area contributed by atoms with Gasteiger partial charge in [0, 0.05) is 13.0 Å². The molecular weight excluding hydrogens is 278 g/mol. The Kier molecular flexibility index (Phi) is 4.73. The molecule has 1 fully saturated rings. The van der Waals surface area contributed by atoms with E-state index in [4.69, 9.17) is 4.52 Å². The lowest BCUT2D eigenvalue weighted by molar-refractivity contribution is 0.128. The molecule has 1 aromatic heterocycles. The number of piperidine rings is 1. The van der Waals surface area contributed by atoms with Gasteiger partial charge in [0.25, 0.3) is 0 Å². The number of aryl methyl sites for hydroxylation is 2. The number of hydrogen-bond donors (Lipinski definition) is 1. The maximum absolute atomic E-state index is 9.35. The molecule has 3 rings (SSSR count). The lowest BCUT2D eigenvalue weighted by Gasteiger charge is -2.35. The summed E-state index contributed by atoms with van der Waals surface area (Å²) >= 11 is 0. The minimum atomic E-state index is 0.329. The zero-order valence-corrected chi connectivity index (χ0v) is 13.0. The van der Waals surface area contributed by atoms with Crippen molar-refractivity contribution >= 4 is 0 Å². The molecule has 0 bridgehead atoms. The highest BCUT2D eigenvalue weighted by Crippen LogP contribution is 2.23. The fourth-order valence-corrected chi connectivity index (χ4v) is 3.18. The number of benzene rings is 1. The average molecular weight is 301 g/mol. The summed E-state index contributed by atoms with van der Waals surface area (Å²) in [6.07, 6.45) is 5.93. The molecule has 0 unspecified atom stereocenters. The van der Waals surface area contributed by atoms with E-state index in [0.717, 1.165) is 31.8 Å². The number of hydrogen-bond acceptors (Lipinski definition) is 5. The highest BCUT2D eigenvalue weighted by molar-refractivity contribution is 5.25. The molecule has 0 aliphatic carbocycles. The van der Waals surface area contributed by atoms with Crippen LogP contribution < -0.4 is 0 Å². The van der Waals surface area contributed by atoms with Gasteiger partial charge >= 0.3 is 0 Å². The molecule has 1 atom stereocenters. The quantitative estimate of drug-likeness (QED) is 0.919. The van der Waals surface area contributed by atoms with Crippen molar-refractivity contribution in [3.63, 3.8) is 0 Å². The number of aromatic nitrogens is 2. The van der Waals surface area contributed by atoms with Gasteiger partial charge in [-0.1, -0.05) is 23.7 Å². The van der Waals surface area contributed by atoms with Crippen LogP contribution in [0.1, 0.15) is 43.0 Å². The van der Waals surface area contributed by atoms with Crippen LogP contribution in [0.3, 0.4) is 0 Å². The largest absolute Gasteiger partial charge is 0.508 e. The Bertz CT molecular complexity index is 594. The molecule has 0 amide bonds. The summed E-state index contributed by atoms with van der Waals surface area (Å²) in [6, 6.07) is 8.10. The Balaban J connectivity index is 1.58. The number of rotatable bonds is 5. The van der Waals surface area contributed by atoms with Gasteiger partial charge in [-0.2, -0.15) is 4.98 Å². The SMILES string of the molecule is Cc1nc(CN2CCCC[C@@H]2CCc2ccc(O)cc2)no1. The molecule has 0 radical (unpaired) electrons. The molecule has 1 aliphatic rings. The van der Waals surface area contributed by atoms with E-state index in [2.05, 4.69) is 15.0 Å². The molecular formula is C17H23N3O2. The molecule has 0 saturated carbocycles. The van der Waals surface area contributed by atoms with E-state index in [-0.39, 0.29) is 0 Å². The summed E-state index contributed by atoms with van der Waals surface area (Å²) in [5, 5.41) is 13.4. The van der Waals surface area contributed by atoms with Crippen LogP contribution in [0.25, 0.3) is 0 Å². The minimum absolute atomic E-state index is 0.329. The van der Waals surface area contributed by atoms with Crippen LogP contribution in [0, 0.1) is 6.92 Å². The van der Waals surface area contributed by atoms with Gasteiger partial charge < -0.3 is 9.63 Å². The van der Waals surface area contributed by atoms with E-state index < -0.39 is 0 Å². The van der Waals surface area contributed by atoms with Crippen molar-refractivity contribution in [1.82, 2.24) is 15.0 Å². The summed E-state index contributed by atoms with van der Waals surface area (Å²) in [5.41, 5.74) is 1.28. The van der Waals surface area contributed by atoms with E-state index in [1.54, 1.807) is 12.1 Å². The molecule has 5 heteroatoms. The van der Waals surface area contributed by atoms with Crippen molar-refractivity contribution in [2.24, 2.45) is 0 Å². The molecule has 1 aliphatic heterocycles. The van der Waals surface area contributed by atoms with Crippen molar-refractivity contribution in [2.75, 3.05) is 6.54 Å². The molecule has 0 spiro atoms. The molecule has 1 N–H and O–H groups in total. The topological polar surface area (TPSA) is 62.4 Å². The number of phenols is 1. The van der Waals surface area contributed by atoms with Gasteiger partial charge in [-0.15, -0.1) is 0 Å². The smallest absolute Gasteiger partial charge is 0.223 e. The first-order valence-corrected chi connectivity index (χ1v) is 8.02. The Morgan fingerprint density at radius 3 is 2.82 bits per heavy atom. The highest BCUT2D eigenvalue weighted by Gasteiger charge is 2.23. The van der Waals surface area contributed by atoms with Crippen molar-refractivity contribution in [3.05, 3.63) is 41.5 Å². The van der Waals surface area contributed by atoms with Gasteiger partial charge in [-0.05, 0) is 49.9 Å². The van der Waals surface area contributed by atoms with Crippen LogP contribution in [-0.4, -0.2) is 32.7 Å². The van der Waals surface area contributed by atoms with Crippen LogP contribution in [0.15, 0.2) is 28.8 Å². The summed E-state index contributed by atoms with van der Waals surface area (Å²) in [5.74, 6) is 1.75. The first-order valence-electron chi connectivity index (χ1n) is 8.02. The fraction of sp³-hybridized carbons (Fsp3) is 0.529. The number of phenolic OH excluding ortho intramolecular Hbond substituents is 1. The maximum Gasteiger partial charge on any atom is 0.223 e. The van der Waals surface area contributed by atoms with Crippen molar-refractivity contribution in [2.45, 2.75) is 51.6 Å². The molecule has 1 saturated heterocycles. The van der Waals surface area contributed by atoms with Gasteiger partial charge in [0.05, 0.1) is 6.54 Å². The minimum Gasteiger partial charge on any atom is -0.508 e. The van der Waals surface area contributed by atoms with Crippen molar-refractivity contribution in [1.29, 1.82) is 0 Å². The van der Waals surface area contributed by atoms with Crippen LogP contribution in [0.2, 0.25) is 0 Å². The third kappa shape index (κ3) is 3.85. The zero-order valence-electron chi connectivity index (χ0n) is 13.0. The maximum atomic E-state index is 9.35. The summed E-state index contributed by atoms with van der Waals surface area (Å²) < 4.78 is 5.07. The van der Waals surface area contributed by atoms with Gasteiger partial charge in [0.2, 0.25) is 5.89 Å². The summed E-state index contributed by atoms with van der Waals surface area (Å²) in [4.78, 5) is 6.80. The molecule has 118 valence electrons. The molecule has 2 aromatic rings. The van der Waals surface area contributed by atoms with E-state index in [9.17, 15) is 5.11 Å². The van der Waals surface area contributed by atoms with Crippen LogP contribution >= 0.6 is 0 Å². The monoisotopic (exact) mass is 301 g/mol. The number of likely N-dealkylation sites (tertiary alicyclic amines) is 1. The summed E-state index contributed by atoms with van der Waals surface area (Å²) in [6.45, 7) is 3.71. The van der Waals surface area contributed by atoms with E-state index in [0.29, 0.717) is 17.7 Å². The lowest BCUT2D eigenvalue weighted by Crippen LogP contribution is -2.39. The van der Waals surface area contributed by atoms with E-state index in [1.807, 2.05) is 19.1 Å². The van der Waals surface area contributed by atoms with Gasteiger partial charge in [0.15, 0.2) is 5.82 Å². The predicted molar refractivity (Wildman–Crippen MR) is 83.5 cm³/mol. The second kappa shape index (κ2) is 6.92. The highest BCUT2D eigenvalue weighted by atomic mass is 16.5. The molecule has 22 heavy (non-hydrogen) atoms. The van der Waals surface area contributed by atoms with Gasteiger partial charge in [-0.25, -0.2) is 0 Å². The van der Waals surface area contributed by atoms with E-state index >= 15 is 0 Å². The Hall–Kier alpha value is -1.88. The molecule has 5 nitrogen and oxygen atoms in total. The number of aromatic hydroxyl groups is 1. The summed E-state index contributed by atoms with van der Waals surface area (Å²) in [7, 11) is 0.